The van der Waals surface area contributed by atoms with Gasteiger partial charge in [-0.05, 0) is 59.0 Å². The molecular weight excluding hydrogens is 426 g/mol. The van der Waals surface area contributed by atoms with Crippen molar-refractivity contribution in [3.63, 3.8) is 0 Å². The maximum atomic E-state index is 12.8. The average molecular weight is 450 g/mol. The van der Waals surface area contributed by atoms with Crippen molar-refractivity contribution >= 4 is 22.5 Å². The average Bonchev–Trinajstić information content (AvgIpc) is 2.89. The van der Waals surface area contributed by atoms with E-state index in [1.54, 1.807) is 24.4 Å². The highest BCUT2D eigenvalue weighted by Gasteiger charge is 2.25. The van der Waals surface area contributed by atoms with Crippen molar-refractivity contribution in [1.82, 2.24) is 14.9 Å². The molecule has 1 fully saturated rings. The van der Waals surface area contributed by atoms with Gasteiger partial charge in [0.1, 0.15) is 17.7 Å². The highest BCUT2D eigenvalue weighted by molar-refractivity contribution is 5.94. The molecule has 4 aromatic rings. The Balaban J connectivity index is 1.35. The summed E-state index contributed by atoms with van der Waals surface area (Å²) in [5.41, 5.74) is 8.72. The third kappa shape index (κ3) is 4.39. The molecule has 0 saturated carbocycles. The van der Waals surface area contributed by atoms with Crippen LogP contribution in [-0.2, 0) is 0 Å². The first kappa shape index (κ1) is 21.4. The van der Waals surface area contributed by atoms with Gasteiger partial charge >= 0.3 is 0 Å². The maximum absolute atomic E-state index is 12.8. The minimum Gasteiger partial charge on any atom is -0.490 e. The van der Waals surface area contributed by atoms with Gasteiger partial charge < -0.3 is 15.4 Å². The van der Waals surface area contributed by atoms with E-state index < -0.39 is 0 Å². The number of nitrogens with zero attached hydrogens (tertiary/aromatic N) is 4. The number of pyridine rings is 2. The van der Waals surface area contributed by atoms with E-state index in [4.69, 9.17) is 10.5 Å². The van der Waals surface area contributed by atoms with E-state index in [1.807, 2.05) is 41.4 Å². The molecule has 2 N–H and O–H groups in total. The van der Waals surface area contributed by atoms with Crippen molar-refractivity contribution in [2.45, 2.75) is 18.9 Å². The summed E-state index contributed by atoms with van der Waals surface area (Å²) in [4.78, 5) is 22.9. The number of ether oxygens (including phenoxy) is 1. The number of hydrogen-bond acceptors (Lipinski definition) is 6. The van der Waals surface area contributed by atoms with Crippen LogP contribution < -0.4 is 10.5 Å². The second kappa shape index (κ2) is 9.20. The van der Waals surface area contributed by atoms with E-state index in [0.29, 0.717) is 30.0 Å². The van der Waals surface area contributed by atoms with E-state index >= 15 is 0 Å². The summed E-state index contributed by atoms with van der Waals surface area (Å²) in [6, 6.07) is 19.1. The predicted octanol–water partition coefficient (Wildman–Crippen LogP) is 4.43. The number of amides is 1. The number of carbonyl (C=O) groups is 1. The molecule has 1 saturated heterocycles. The number of likely N-dealkylation sites (tertiary alicyclic amines) is 1. The lowest BCUT2D eigenvalue weighted by atomic mass is 9.99. The standard InChI is InChI=1S/C27H23N5O2/c28-15-18-2-1-3-19(12-18)22-13-20-6-9-30-17-24(20)25(14-22)34-23-7-10-32(11-8-23)27(33)21-4-5-26(29)31-16-21/h1-6,9,12-14,16-17,23H,7-8,10-11H2,(H2,29,31). The first-order valence-corrected chi connectivity index (χ1v) is 11.2. The zero-order valence-corrected chi connectivity index (χ0v) is 18.5. The minimum atomic E-state index is -0.0417. The molecule has 3 heterocycles. The van der Waals surface area contributed by atoms with Gasteiger partial charge in [0, 0.05) is 49.9 Å². The van der Waals surface area contributed by atoms with E-state index in [0.717, 1.165) is 40.5 Å². The molecule has 2 aromatic carbocycles. The second-order valence-electron chi connectivity index (χ2n) is 8.34. The van der Waals surface area contributed by atoms with Crippen LogP contribution in [0, 0.1) is 11.3 Å². The van der Waals surface area contributed by atoms with E-state index in [2.05, 4.69) is 22.1 Å². The van der Waals surface area contributed by atoms with Gasteiger partial charge in [0.15, 0.2) is 0 Å². The first-order valence-electron chi connectivity index (χ1n) is 11.2. The Labute approximate surface area is 197 Å². The van der Waals surface area contributed by atoms with Crippen LogP contribution >= 0.6 is 0 Å². The van der Waals surface area contributed by atoms with Crippen LogP contribution in [0.2, 0.25) is 0 Å². The number of nitrogens with two attached hydrogens (primary N) is 1. The normalized spacial score (nSPS) is 14.0. The zero-order chi connectivity index (χ0) is 23.5. The van der Waals surface area contributed by atoms with Crippen LogP contribution in [0.25, 0.3) is 21.9 Å². The lowest BCUT2D eigenvalue weighted by Crippen LogP contribution is -2.41. The Bertz CT molecular complexity index is 1390. The number of aromatic nitrogens is 2. The summed E-state index contributed by atoms with van der Waals surface area (Å²) in [6.07, 6.45) is 6.53. The van der Waals surface area contributed by atoms with Crippen molar-refractivity contribution in [1.29, 1.82) is 5.26 Å². The van der Waals surface area contributed by atoms with Gasteiger partial charge in [0.2, 0.25) is 0 Å². The molecule has 2 aromatic heterocycles. The van der Waals surface area contributed by atoms with Gasteiger partial charge in [-0.3, -0.25) is 9.78 Å². The number of benzene rings is 2. The molecule has 0 unspecified atom stereocenters. The Kier molecular flexibility index (Phi) is 5.79. The number of carbonyl (C=O) groups excluding carboxylic acids is 1. The van der Waals surface area contributed by atoms with Crippen molar-refractivity contribution < 1.29 is 9.53 Å². The van der Waals surface area contributed by atoms with Gasteiger partial charge in [0.25, 0.3) is 5.91 Å². The van der Waals surface area contributed by atoms with Crippen LogP contribution in [0.15, 0.2) is 73.2 Å². The maximum Gasteiger partial charge on any atom is 0.255 e. The second-order valence-corrected chi connectivity index (χ2v) is 8.34. The highest BCUT2D eigenvalue weighted by atomic mass is 16.5. The number of piperidine rings is 1. The summed E-state index contributed by atoms with van der Waals surface area (Å²) in [6.45, 7) is 1.21. The molecule has 0 radical (unpaired) electrons. The van der Waals surface area contributed by atoms with Gasteiger partial charge in [-0.25, -0.2) is 4.98 Å². The monoisotopic (exact) mass is 449 g/mol. The summed E-state index contributed by atoms with van der Waals surface area (Å²) in [7, 11) is 0. The molecule has 34 heavy (non-hydrogen) atoms. The smallest absolute Gasteiger partial charge is 0.255 e. The highest BCUT2D eigenvalue weighted by Crippen LogP contribution is 2.34. The molecule has 5 rings (SSSR count). The van der Waals surface area contributed by atoms with Gasteiger partial charge in [-0.1, -0.05) is 12.1 Å². The van der Waals surface area contributed by atoms with Crippen LogP contribution in [0.1, 0.15) is 28.8 Å². The molecule has 168 valence electrons. The Morgan fingerprint density at radius 1 is 1.06 bits per heavy atom. The van der Waals surface area contributed by atoms with Crippen molar-refractivity contribution in [2.75, 3.05) is 18.8 Å². The molecule has 1 aliphatic rings. The van der Waals surface area contributed by atoms with Gasteiger partial charge in [-0.15, -0.1) is 0 Å². The fraction of sp³-hybridized carbons (Fsp3) is 0.185. The molecule has 7 heteroatoms. The SMILES string of the molecule is N#Cc1cccc(-c2cc(OC3CCN(C(=O)c4ccc(N)nc4)CC3)c3cnccc3c2)c1. The predicted molar refractivity (Wildman–Crippen MR) is 130 cm³/mol. The minimum absolute atomic E-state index is 0.0160. The number of fused-ring (bicyclic) bond motifs is 1. The molecular formula is C27H23N5O2. The fourth-order valence-corrected chi connectivity index (χ4v) is 4.27. The lowest BCUT2D eigenvalue weighted by molar-refractivity contribution is 0.0597. The van der Waals surface area contributed by atoms with E-state index in [-0.39, 0.29) is 12.0 Å². The topological polar surface area (TPSA) is 105 Å². The molecule has 7 nitrogen and oxygen atoms in total. The molecule has 1 aliphatic heterocycles. The van der Waals surface area contributed by atoms with Crippen molar-refractivity contribution in [3.05, 3.63) is 84.3 Å². The van der Waals surface area contributed by atoms with Crippen LogP contribution in [0.3, 0.4) is 0 Å². The zero-order valence-electron chi connectivity index (χ0n) is 18.5. The summed E-state index contributed by atoms with van der Waals surface area (Å²) in [5, 5.41) is 11.2. The molecule has 0 atom stereocenters. The van der Waals surface area contributed by atoms with Crippen LogP contribution in [0.4, 0.5) is 5.82 Å². The molecule has 0 aliphatic carbocycles. The molecule has 0 spiro atoms. The number of nitrogen functional groups attached to an aromatic ring is 1. The van der Waals surface area contributed by atoms with Crippen LogP contribution in [-0.4, -0.2) is 40.0 Å². The van der Waals surface area contributed by atoms with Gasteiger partial charge in [0.05, 0.1) is 17.2 Å². The third-order valence-electron chi connectivity index (χ3n) is 6.10. The Hall–Kier alpha value is -4.44. The van der Waals surface area contributed by atoms with Gasteiger partial charge in [-0.2, -0.15) is 5.26 Å². The van der Waals surface area contributed by atoms with Crippen LogP contribution in [0.5, 0.6) is 5.75 Å². The third-order valence-corrected chi connectivity index (χ3v) is 6.10. The van der Waals surface area contributed by atoms with E-state index in [1.165, 1.54) is 6.20 Å². The Morgan fingerprint density at radius 3 is 2.68 bits per heavy atom. The quantitative estimate of drug-likeness (QED) is 0.494. The fourth-order valence-electron chi connectivity index (χ4n) is 4.27. The molecule has 1 amide bonds. The summed E-state index contributed by atoms with van der Waals surface area (Å²) in [5.74, 6) is 1.11. The number of hydrogen-bond donors (Lipinski definition) is 1. The van der Waals surface area contributed by atoms with Crippen molar-refractivity contribution in [2.24, 2.45) is 0 Å². The summed E-state index contributed by atoms with van der Waals surface area (Å²) >= 11 is 0. The largest absolute Gasteiger partial charge is 0.490 e. The lowest BCUT2D eigenvalue weighted by Gasteiger charge is -2.32. The number of anilines is 1. The number of nitriles is 1. The molecule has 0 bridgehead atoms. The Morgan fingerprint density at radius 2 is 1.91 bits per heavy atom. The summed E-state index contributed by atoms with van der Waals surface area (Å²) < 4.78 is 6.46. The van der Waals surface area contributed by atoms with E-state index in [9.17, 15) is 10.1 Å². The first-order chi connectivity index (χ1) is 16.6. The van der Waals surface area contributed by atoms with Crippen molar-refractivity contribution in [3.8, 4) is 22.9 Å². The number of rotatable bonds is 4.